The molecule has 5 nitrogen and oxygen atoms in total. The molecule has 0 aromatic heterocycles. The van der Waals surface area contributed by atoms with Crippen molar-refractivity contribution in [3.8, 4) is 0 Å². The van der Waals surface area contributed by atoms with Gasteiger partial charge in [-0.25, -0.2) is 0 Å². The Balaban J connectivity index is 2.70. The van der Waals surface area contributed by atoms with Gasteiger partial charge in [0.15, 0.2) is 0 Å². The highest BCUT2D eigenvalue weighted by molar-refractivity contribution is 5.35. The molecule has 0 fully saturated rings. The summed E-state index contributed by atoms with van der Waals surface area (Å²) in [5.74, 6) is 0.438. The lowest BCUT2D eigenvalue weighted by Crippen LogP contribution is -2.27. The first-order chi connectivity index (χ1) is 9.62. The Morgan fingerprint density at radius 1 is 1.35 bits per heavy atom. The fourth-order valence-electron chi connectivity index (χ4n) is 2.30. The van der Waals surface area contributed by atoms with Crippen molar-refractivity contribution >= 4 is 5.69 Å². The van der Waals surface area contributed by atoms with Crippen LogP contribution in [0, 0.1) is 16.0 Å². The van der Waals surface area contributed by atoms with E-state index in [1.165, 1.54) is 6.07 Å². The maximum Gasteiger partial charge on any atom is 0.269 e. The molecule has 5 heteroatoms. The Morgan fingerprint density at radius 2 is 2.10 bits per heavy atom. The smallest absolute Gasteiger partial charge is 0.269 e. The summed E-state index contributed by atoms with van der Waals surface area (Å²) in [6, 6.07) is 6.90. The summed E-state index contributed by atoms with van der Waals surface area (Å²) in [6.45, 7) is 5.19. The topological polar surface area (TPSA) is 75.4 Å². The van der Waals surface area contributed by atoms with Crippen LogP contribution in [0.1, 0.15) is 44.7 Å². The van der Waals surface area contributed by atoms with Gasteiger partial charge in [0.05, 0.1) is 4.92 Å². The number of non-ortho nitro benzene ring substituents is 1. The number of rotatable bonds is 9. The predicted octanol–water partition coefficient (Wildman–Crippen LogP) is 3.04. The first-order valence-corrected chi connectivity index (χ1v) is 7.20. The van der Waals surface area contributed by atoms with Gasteiger partial charge in [-0.15, -0.1) is 0 Å². The van der Waals surface area contributed by atoms with Crippen molar-refractivity contribution in [3.63, 3.8) is 0 Å². The molecular weight excluding hydrogens is 256 g/mol. The molecule has 1 aromatic rings. The molecule has 20 heavy (non-hydrogen) atoms. The molecular formula is C15H24N2O3. The van der Waals surface area contributed by atoms with Crippen molar-refractivity contribution in [2.45, 2.75) is 39.2 Å². The molecule has 0 saturated heterocycles. The van der Waals surface area contributed by atoms with E-state index in [1.54, 1.807) is 12.1 Å². The molecule has 0 spiro atoms. The van der Waals surface area contributed by atoms with Gasteiger partial charge in [0.2, 0.25) is 0 Å². The van der Waals surface area contributed by atoms with E-state index in [4.69, 9.17) is 5.11 Å². The number of nitrogens with one attached hydrogen (secondary N) is 1. The average molecular weight is 280 g/mol. The molecule has 1 aromatic carbocycles. The molecule has 2 atom stereocenters. The molecule has 112 valence electrons. The summed E-state index contributed by atoms with van der Waals surface area (Å²) in [4.78, 5) is 10.5. The van der Waals surface area contributed by atoms with Crippen LogP contribution in [0.2, 0.25) is 0 Å². The Hall–Kier alpha value is -1.46. The normalized spacial score (nSPS) is 13.9. The zero-order valence-corrected chi connectivity index (χ0v) is 12.2. The van der Waals surface area contributed by atoms with E-state index in [-0.39, 0.29) is 23.3 Å². The summed E-state index contributed by atoms with van der Waals surface area (Å²) in [6.07, 6.45) is 2.67. The lowest BCUT2D eigenvalue weighted by Gasteiger charge is -2.21. The van der Waals surface area contributed by atoms with E-state index in [1.807, 2.05) is 6.07 Å². The van der Waals surface area contributed by atoms with Crippen LogP contribution in [-0.2, 0) is 0 Å². The molecule has 0 bridgehead atoms. The summed E-state index contributed by atoms with van der Waals surface area (Å²) < 4.78 is 0. The third-order valence-electron chi connectivity index (χ3n) is 3.66. The standard InChI is InChI=1S/C15H24N2O3/c1-3-12(8-9-18)11-16-15(4-2)13-6-5-7-14(10-13)17(19)20/h5-7,10,12,15-16,18H,3-4,8-9,11H2,1-2H3. The molecule has 0 aliphatic rings. The molecule has 0 radical (unpaired) electrons. The maximum atomic E-state index is 10.8. The van der Waals surface area contributed by atoms with Gasteiger partial charge >= 0.3 is 0 Å². The van der Waals surface area contributed by atoms with E-state index in [0.29, 0.717) is 5.92 Å². The quantitative estimate of drug-likeness (QED) is 0.538. The van der Waals surface area contributed by atoms with Gasteiger partial charge < -0.3 is 10.4 Å². The van der Waals surface area contributed by atoms with E-state index < -0.39 is 0 Å². The maximum absolute atomic E-state index is 10.8. The van der Waals surface area contributed by atoms with Crippen LogP contribution >= 0.6 is 0 Å². The second-order valence-electron chi connectivity index (χ2n) is 5.01. The minimum atomic E-state index is -0.364. The van der Waals surface area contributed by atoms with Crippen LogP contribution in [0.25, 0.3) is 0 Å². The number of aliphatic hydroxyl groups excluding tert-OH is 1. The second kappa shape index (κ2) is 8.66. The zero-order chi connectivity index (χ0) is 15.0. The first kappa shape index (κ1) is 16.6. The van der Waals surface area contributed by atoms with Gasteiger partial charge in [0, 0.05) is 24.8 Å². The van der Waals surface area contributed by atoms with Gasteiger partial charge in [0.25, 0.3) is 5.69 Å². The number of benzene rings is 1. The SMILES string of the molecule is CCC(CCO)CNC(CC)c1cccc([N+](=O)[O-])c1. The van der Waals surface area contributed by atoms with Crippen molar-refractivity contribution in [2.75, 3.05) is 13.2 Å². The Bertz CT molecular complexity index is 423. The highest BCUT2D eigenvalue weighted by Crippen LogP contribution is 2.22. The van der Waals surface area contributed by atoms with E-state index in [9.17, 15) is 10.1 Å². The Kier molecular flexibility index (Phi) is 7.18. The van der Waals surface area contributed by atoms with Gasteiger partial charge in [-0.2, -0.15) is 0 Å². The number of nitrogens with zero attached hydrogens (tertiary/aromatic N) is 1. The third kappa shape index (κ3) is 4.90. The fourth-order valence-corrected chi connectivity index (χ4v) is 2.30. The van der Waals surface area contributed by atoms with Crippen LogP contribution in [-0.4, -0.2) is 23.2 Å². The molecule has 2 unspecified atom stereocenters. The van der Waals surface area contributed by atoms with E-state index >= 15 is 0 Å². The highest BCUT2D eigenvalue weighted by Gasteiger charge is 2.14. The Labute approximate surface area is 120 Å². The van der Waals surface area contributed by atoms with Crippen molar-refractivity contribution < 1.29 is 10.0 Å². The van der Waals surface area contributed by atoms with Crippen molar-refractivity contribution in [2.24, 2.45) is 5.92 Å². The van der Waals surface area contributed by atoms with Crippen molar-refractivity contribution in [1.82, 2.24) is 5.32 Å². The van der Waals surface area contributed by atoms with Crippen molar-refractivity contribution in [3.05, 3.63) is 39.9 Å². The summed E-state index contributed by atoms with van der Waals surface area (Å²) in [7, 11) is 0. The van der Waals surface area contributed by atoms with Gasteiger partial charge in [-0.05, 0) is 30.9 Å². The number of hydrogen-bond acceptors (Lipinski definition) is 4. The summed E-state index contributed by atoms with van der Waals surface area (Å²) in [5.41, 5.74) is 1.07. The molecule has 1 rings (SSSR count). The van der Waals surface area contributed by atoms with E-state index in [2.05, 4.69) is 19.2 Å². The van der Waals surface area contributed by atoms with Gasteiger partial charge in [0.1, 0.15) is 0 Å². The highest BCUT2D eigenvalue weighted by atomic mass is 16.6. The lowest BCUT2D eigenvalue weighted by atomic mass is 10.00. The largest absolute Gasteiger partial charge is 0.396 e. The number of hydrogen-bond donors (Lipinski definition) is 2. The first-order valence-electron chi connectivity index (χ1n) is 7.20. The fraction of sp³-hybridized carbons (Fsp3) is 0.600. The molecule has 0 aliphatic carbocycles. The third-order valence-corrected chi connectivity index (χ3v) is 3.66. The monoisotopic (exact) mass is 280 g/mol. The molecule has 0 amide bonds. The minimum Gasteiger partial charge on any atom is -0.396 e. The second-order valence-corrected chi connectivity index (χ2v) is 5.01. The van der Waals surface area contributed by atoms with Crippen LogP contribution in [0.3, 0.4) is 0 Å². The predicted molar refractivity (Wildman–Crippen MR) is 79.6 cm³/mol. The molecule has 0 heterocycles. The Morgan fingerprint density at radius 3 is 2.65 bits per heavy atom. The van der Waals surface area contributed by atoms with E-state index in [0.717, 1.165) is 31.4 Å². The average Bonchev–Trinajstić information content (AvgIpc) is 2.47. The molecule has 2 N–H and O–H groups in total. The van der Waals surface area contributed by atoms with Crippen LogP contribution < -0.4 is 5.32 Å². The number of aliphatic hydroxyl groups is 1. The number of nitro benzene ring substituents is 1. The van der Waals surface area contributed by atoms with Crippen LogP contribution in [0.4, 0.5) is 5.69 Å². The zero-order valence-electron chi connectivity index (χ0n) is 12.2. The van der Waals surface area contributed by atoms with Crippen LogP contribution in [0.5, 0.6) is 0 Å². The summed E-state index contributed by atoms with van der Waals surface area (Å²) in [5, 5.41) is 23.3. The molecule has 0 aliphatic heterocycles. The van der Waals surface area contributed by atoms with Gasteiger partial charge in [-0.3, -0.25) is 10.1 Å². The molecule has 0 saturated carbocycles. The van der Waals surface area contributed by atoms with Crippen molar-refractivity contribution in [1.29, 1.82) is 0 Å². The van der Waals surface area contributed by atoms with Crippen LogP contribution in [0.15, 0.2) is 24.3 Å². The number of nitro groups is 1. The van der Waals surface area contributed by atoms with Gasteiger partial charge in [-0.1, -0.05) is 32.4 Å². The lowest BCUT2D eigenvalue weighted by molar-refractivity contribution is -0.384. The minimum absolute atomic E-state index is 0.114. The summed E-state index contributed by atoms with van der Waals surface area (Å²) >= 11 is 0.